The third-order valence-electron chi connectivity index (χ3n) is 4.06. The van der Waals surface area contributed by atoms with Crippen molar-refractivity contribution in [3.05, 3.63) is 18.6 Å². The first-order valence-electron chi connectivity index (χ1n) is 7.45. The summed E-state index contributed by atoms with van der Waals surface area (Å²) in [6, 6.07) is 1.07. The van der Waals surface area contributed by atoms with Crippen molar-refractivity contribution in [1.29, 1.82) is 0 Å². The van der Waals surface area contributed by atoms with Crippen LogP contribution in [0.4, 0.5) is 5.82 Å². The lowest BCUT2D eigenvalue weighted by Crippen LogP contribution is -2.28. The number of imidazole rings is 1. The highest BCUT2D eigenvalue weighted by Gasteiger charge is 2.28. The zero-order chi connectivity index (χ0) is 14.7. The monoisotopic (exact) mass is 277 g/mol. The summed E-state index contributed by atoms with van der Waals surface area (Å²) < 4.78 is 2.22. The fraction of sp³-hybridized carbons (Fsp3) is 0.667. The smallest absolute Gasteiger partial charge is 0.135 e. The van der Waals surface area contributed by atoms with Crippen LogP contribution in [-0.4, -0.2) is 29.2 Å². The maximum absolute atomic E-state index is 5.79. The van der Waals surface area contributed by atoms with Crippen LogP contribution in [0.15, 0.2) is 12.9 Å². The molecule has 1 aromatic rings. The summed E-state index contributed by atoms with van der Waals surface area (Å²) in [5.74, 6) is 1.74. The minimum atomic E-state index is 0.511. The Morgan fingerprint density at radius 1 is 1.55 bits per heavy atom. The van der Waals surface area contributed by atoms with Crippen molar-refractivity contribution in [2.45, 2.75) is 45.2 Å². The van der Waals surface area contributed by atoms with Gasteiger partial charge in [-0.2, -0.15) is 0 Å². The molecule has 112 valence electrons. The lowest BCUT2D eigenvalue weighted by atomic mass is 10.1. The van der Waals surface area contributed by atoms with Crippen molar-refractivity contribution >= 4 is 11.5 Å². The van der Waals surface area contributed by atoms with Gasteiger partial charge in [0.1, 0.15) is 11.5 Å². The van der Waals surface area contributed by atoms with Crippen LogP contribution in [0.25, 0.3) is 5.70 Å². The molecule has 0 aliphatic heterocycles. The van der Waals surface area contributed by atoms with Gasteiger partial charge in [0.25, 0.3) is 0 Å². The van der Waals surface area contributed by atoms with E-state index in [2.05, 4.69) is 40.6 Å². The van der Waals surface area contributed by atoms with Gasteiger partial charge in [0.05, 0.1) is 12.0 Å². The van der Waals surface area contributed by atoms with E-state index in [9.17, 15) is 0 Å². The SMILES string of the molecule is C=C(N)c1ncn(C2CCC(CNC(C)C)C2)c1NC. The van der Waals surface area contributed by atoms with Crippen LogP contribution < -0.4 is 16.4 Å². The molecule has 0 saturated heterocycles. The third-order valence-corrected chi connectivity index (χ3v) is 4.06. The van der Waals surface area contributed by atoms with Gasteiger partial charge < -0.3 is 20.9 Å². The van der Waals surface area contributed by atoms with Crippen molar-refractivity contribution in [1.82, 2.24) is 14.9 Å². The Bertz CT molecular complexity index is 463. The normalized spacial score (nSPS) is 22.4. The molecule has 1 fully saturated rings. The van der Waals surface area contributed by atoms with E-state index in [1.165, 1.54) is 19.3 Å². The van der Waals surface area contributed by atoms with E-state index >= 15 is 0 Å². The average molecular weight is 277 g/mol. The maximum atomic E-state index is 5.79. The van der Waals surface area contributed by atoms with Crippen molar-refractivity contribution in [2.75, 3.05) is 18.9 Å². The Morgan fingerprint density at radius 2 is 2.30 bits per heavy atom. The van der Waals surface area contributed by atoms with E-state index in [1.807, 2.05) is 13.4 Å². The van der Waals surface area contributed by atoms with Gasteiger partial charge in [-0.1, -0.05) is 20.4 Å². The second-order valence-corrected chi connectivity index (χ2v) is 6.02. The van der Waals surface area contributed by atoms with Crippen LogP contribution in [0.2, 0.25) is 0 Å². The lowest BCUT2D eigenvalue weighted by molar-refractivity contribution is 0.434. The van der Waals surface area contributed by atoms with Crippen molar-refractivity contribution in [2.24, 2.45) is 11.7 Å². The van der Waals surface area contributed by atoms with Crippen molar-refractivity contribution in [3.63, 3.8) is 0 Å². The standard InChI is InChI=1S/C15H27N5/c1-10(2)18-8-12-5-6-13(7-12)20-9-19-14(11(3)16)15(20)17-4/h9-10,12-13,17-18H,3,5-8,16H2,1-2,4H3. The highest BCUT2D eigenvalue weighted by atomic mass is 15.2. The van der Waals surface area contributed by atoms with Crippen LogP contribution in [-0.2, 0) is 0 Å². The molecule has 1 aliphatic carbocycles. The molecular formula is C15H27N5. The Balaban J connectivity index is 2.04. The number of anilines is 1. The summed E-state index contributed by atoms with van der Waals surface area (Å²) in [6.07, 6.45) is 5.56. The summed E-state index contributed by atoms with van der Waals surface area (Å²) in [7, 11) is 1.91. The van der Waals surface area contributed by atoms with Crippen LogP contribution in [0.1, 0.15) is 44.8 Å². The van der Waals surface area contributed by atoms with Gasteiger partial charge >= 0.3 is 0 Å². The molecule has 5 heteroatoms. The minimum absolute atomic E-state index is 0.511. The molecule has 0 amide bonds. The van der Waals surface area contributed by atoms with Crippen LogP contribution in [0.5, 0.6) is 0 Å². The first-order chi connectivity index (χ1) is 9.52. The molecular weight excluding hydrogens is 250 g/mol. The predicted molar refractivity (Wildman–Crippen MR) is 84.5 cm³/mol. The summed E-state index contributed by atoms with van der Waals surface area (Å²) in [5, 5.41) is 6.75. The van der Waals surface area contributed by atoms with E-state index in [0.717, 1.165) is 24.0 Å². The average Bonchev–Trinajstić information content (AvgIpc) is 3.01. The van der Waals surface area contributed by atoms with Crippen molar-refractivity contribution in [3.8, 4) is 0 Å². The fourth-order valence-corrected chi connectivity index (χ4v) is 3.01. The number of nitrogens with zero attached hydrogens (tertiary/aromatic N) is 2. The summed E-state index contributed by atoms with van der Waals surface area (Å²) in [5.41, 5.74) is 7.08. The topological polar surface area (TPSA) is 67.9 Å². The quantitative estimate of drug-likeness (QED) is 0.745. The summed E-state index contributed by atoms with van der Waals surface area (Å²) in [6.45, 7) is 9.28. The Labute approximate surface area is 121 Å². The van der Waals surface area contributed by atoms with Gasteiger partial charge in [0.15, 0.2) is 0 Å². The molecule has 1 aliphatic rings. The Kier molecular flexibility index (Phi) is 4.70. The number of aromatic nitrogens is 2. The number of rotatable bonds is 6. The molecule has 1 aromatic heterocycles. The summed E-state index contributed by atoms with van der Waals surface area (Å²) in [4.78, 5) is 4.39. The van der Waals surface area contributed by atoms with Crippen LogP contribution in [0, 0.1) is 5.92 Å². The van der Waals surface area contributed by atoms with E-state index in [1.54, 1.807) is 0 Å². The third kappa shape index (κ3) is 3.15. The van der Waals surface area contributed by atoms with E-state index in [4.69, 9.17) is 5.73 Å². The van der Waals surface area contributed by atoms with Gasteiger partial charge in [-0.15, -0.1) is 0 Å². The molecule has 0 aromatic carbocycles. The summed E-state index contributed by atoms with van der Waals surface area (Å²) >= 11 is 0. The first-order valence-corrected chi connectivity index (χ1v) is 7.45. The molecule has 1 saturated carbocycles. The van der Waals surface area contributed by atoms with E-state index < -0.39 is 0 Å². The Hall–Kier alpha value is -1.49. The molecule has 5 nitrogen and oxygen atoms in total. The highest BCUT2D eigenvalue weighted by molar-refractivity contribution is 5.67. The maximum Gasteiger partial charge on any atom is 0.135 e. The van der Waals surface area contributed by atoms with Crippen LogP contribution >= 0.6 is 0 Å². The molecule has 1 heterocycles. The van der Waals surface area contributed by atoms with Gasteiger partial charge in [0.2, 0.25) is 0 Å². The molecule has 0 spiro atoms. The first kappa shape index (κ1) is 14.9. The highest BCUT2D eigenvalue weighted by Crippen LogP contribution is 2.37. The largest absolute Gasteiger partial charge is 0.397 e. The Morgan fingerprint density at radius 3 is 2.90 bits per heavy atom. The predicted octanol–water partition coefficient (Wildman–Crippen LogP) is 2.19. The second kappa shape index (κ2) is 6.31. The second-order valence-electron chi connectivity index (χ2n) is 6.02. The molecule has 2 unspecified atom stereocenters. The van der Waals surface area contributed by atoms with Gasteiger partial charge in [0, 0.05) is 19.1 Å². The zero-order valence-electron chi connectivity index (χ0n) is 12.8. The van der Waals surface area contributed by atoms with E-state index in [0.29, 0.717) is 17.8 Å². The van der Waals surface area contributed by atoms with E-state index in [-0.39, 0.29) is 0 Å². The molecule has 2 rings (SSSR count). The lowest BCUT2D eigenvalue weighted by Gasteiger charge is -2.17. The zero-order valence-corrected chi connectivity index (χ0v) is 12.8. The minimum Gasteiger partial charge on any atom is -0.397 e. The number of hydrogen-bond donors (Lipinski definition) is 3. The number of nitrogens with one attached hydrogen (secondary N) is 2. The molecule has 20 heavy (non-hydrogen) atoms. The molecule has 4 N–H and O–H groups in total. The van der Waals surface area contributed by atoms with Gasteiger partial charge in [-0.05, 0) is 31.7 Å². The molecule has 0 bridgehead atoms. The molecule has 0 radical (unpaired) electrons. The van der Waals surface area contributed by atoms with Crippen molar-refractivity contribution < 1.29 is 0 Å². The molecule has 2 atom stereocenters. The fourth-order valence-electron chi connectivity index (χ4n) is 3.01. The number of nitrogens with two attached hydrogens (primary N) is 1. The van der Waals surface area contributed by atoms with Gasteiger partial charge in [-0.25, -0.2) is 4.98 Å². The van der Waals surface area contributed by atoms with Gasteiger partial charge in [-0.3, -0.25) is 0 Å². The number of hydrogen-bond acceptors (Lipinski definition) is 4. The van der Waals surface area contributed by atoms with Crippen LogP contribution in [0.3, 0.4) is 0 Å².